The molecule has 1 aromatic rings. The number of hydrogen-bond donors (Lipinski definition) is 2. The monoisotopic (exact) mass is 336 g/mol. The van der Waals surface area contributed by atoms with Gasteiger partial charge in [-0.15, -0.1) is 0 Å². The van der Waals surface area contributed by atoms with Crippen LogP contribution in [0, 0.1) is 11.3 Å². The lowest BCUT2D eigenvalue weighted by molar-refractivity contribution is -0.137. The molecule has 4 nitrogen and oxygen atoms in total. The van der Waals surface area contributed by atoms with Crippen molar-refractivity contribution in [3.8, 4) is 0 Å². The Morgan fingerprint density at radius 1 is 1.17 bits per heavy atom. The number of benzene rings is 1. The van der Waals surface area contributed by atoms with Crippen molar-refractivity contribution in [2.45, 2.75) is 39.5 Å². The van der Waals surface area contributed by atoms with E-state index in [9.17, 15) is 9.59 Å². The molecule has 0 spiro atoms. The summed E-state index contributed by atoms with van der Waals surface area (Å²) in [5.41, 5.74) is 0.245. The molecule has 2 N–H and O–H groups in total. The van der Waals surface area contributed by atoms with Gasteiger partial charge in [-0.05, 0) is 49.3 Å². The molecule has 5 heteroatoms. The highest BCUT2D eigenvalue weighted by Crippen LogP contribution is 2.46. The molecule has 2 amide bonds. The van der Waals surface area contributed by atoms with Crippen molar-refractivity contribution < 1.29 is 9.59 Å². The van der Waals surface area contributed by atoms with Gasteiger partial charge in [-0.25, -0.2) is 0 Å². The maximum Gasteiger partial charge on any atom is 0.235 e. The number of amides is 2. The van der Waals surface area contributed by atoms with Crippen LogP contribution in [0.15, 0.2) is 24.3 Å². The van der Waals surface area contributed by atoms with E-state index in [0.717, 1.165) is 12.0 Å². The fraction of sp³-hybridized carbons (Fsp3) is 0.556. The number of halogens is 1. The minimum absolute atomic E-state index is 0.126. The molecule has 0 atom stereocenters. The summed E-state index contributed by atoms with van der Waals surface area (Å²) in [4.78, 5) is 24.6. The third-order valence-electron chi connectivity index (χ3n) is 4.21. The average molecular weight is 337 g/mol. The van der Waals surface area contributed by atoms with Gasteiger partial charge in [0.2, 0.25) is 11.8 Å². The number of carbonyl (C=O) groups is 2. The van der Waals surface area contributed by atoms with Gasteiger partial charge < -0.3 is 10.6 Å². The third-order valence-corrected chi connectivity index (χ3v) is 4.45. The topological polar surface area (TPSA) is 58.2 Å². The second kappa shape index (κ2) is 7.82. The summed E-state index contributed by atoms with van der Waals surface area (Å²) in [5.74, 6) is 0.261. The smallest absolute Gasteiger partial charge is 0.235 e. The minimum atomic E-state index is -0.828. The Balaban J connectivity index is 1.77. The summed E-state index contributed by atoms with van der Waals surface area (Å²) in [6.45, 7) is 5.37. The second-order valence-corrected chi connectivity index (χ2v) is 7.09. The molecular weight excluding hydrogens is 312 g/mol. The molecular formula is C18H25ClN2O2. The van der Waals surface area contributed by atoms with E-state index in [2.05, 4.69) is 24.5 Å². The largest absolute Gasteiger partial charge is 0.355 e. The van der Waals surface area contributed by atoms with Gasteiger partial charge in [-0.2, -0.15) is 0 Å². The summed E-state index contributed by atoms with van der Waals surface area (Å²) in [6.07, 6.45) is 2.92. The molecule has 1 aliphatic carbocycles. The lowest BCUT2D eigenvalue weighted by Crippen LogP contribution is -2.44. The SMILES string of the molecule is CC(C)CCNC(=O)C1(C(=O)NCCc2cccc(Cl)c2)CC1. The van der Waals surface area contributed by atoms with Crippen molar-refractivity contribution in [2.75, 3.05) is 13.1 Å². The maximum absolute atomic E-state index is 12.3. The molecule has 1 aromatic carbocycles. The highest BCUT2D eigenvalue weighted by Gasteiger charge is 2.56. The van der Waals surface area contributed by atoms with Gasteiger partial charge in [-0.3, -0.25) is 9.59 Å². The van der Waals surface area contributed by atoms with E-state index in [1.54, 1.807) is 0 Å². The third kappa shape index (κ3) is 4.96. The Morgan fingerprint density at radius 3 is 2.39 bits per heavy atom. The molecule has 0 unspecified atom stereocenters. The highest BCUT2D eigenvalue weighted by atomic mass is 35.5. The standard InChI is InChI=1S/C18H25ClN2O2/c1-13(2)6-10-20-16(22)18(8-9-18)17(23)21-11-7-14-4-3-5-15(19)12-14/h3-5,12-13H,6-11H2,1-2H3,(H,20,22)(H,21,23). The Morgan fingerprint density at radius 2 is 1.83 bits per heavy atom. The molecule has 126 valence electrons. The van der Waals surface area contributed by atoms with Crippen molar-refractivity contribution >= 4 is 23.4 Å². The maximum atomic E-state index is 12.3. The molecule has 0 heterocycles. The van der Waals surface area contributed by atoms with Crippen LogP contribution in [0.1, 0.15) is 38.7 Å². The summed E-state index contributed by atoms with van der Waals surface area (Å²) >= 11 is 5.94. The fourth-order valence-electron chi connectivity index (χ4n) is 2.51. The van der Waals surface area contributed by atoms with E-state index in [1.807, 2.05) is 24.3 Å². The Hall–Kier alpha value is -1.55. The summed E-state index contributed by atoms with van der Waals surface area (Å²) in [5, 5.41) is 6.48. The molecule has 0 radical (unpaired) electrons. The second-order valence-electron chi connectivity index (χ2n) is 6.66. The van der Waals surface area contributed by atoms with Crippen molar-refractivity contribution in [1.29, 1.82) is 0 Å². The normalized spacial score (nSPS) is 15.3. The number of hydrogen-bond acceptors (Lipinski definition) is 2. The lowest BCUT2D eigenvalue weighted by atomic mass is 10.0. The van der Waals surface area contributed by atoms with Crippen LogP contribution in [-0.2, 0) is 16.0 Å². The fourth-order valence-corrected chi connectivity index (χ4v) is 2.72. The predicted molar refractivity (Wildman–Crippen MR) is 92.3 cm³/mol. The van der Waals surface area contributed by atoms with E-state index in [-0.39, 0.29) is 11.8 Å². The van der Waals surface area contributed by atoms with Crippen LogP contribution >= 0.6 is 11.6 Å². The Bertz CT molecular complexity index is 568. The number of carbonyl (C=O) groups excluding carboxylic acids is 2. The summed E-state index contributed by atoms with van der Waals surface area (Å²) < 4.78 is 0. The van der Waals surface area contributed by atoms with Crippen LogP contribution < -0.4 is 10.6 Å². The predicted octanol–water partition coefficient (Wildman–Crippen LogP) is 2.94. The zero-order valence-corrected chi connectivity index (χ0v) is 14.6. The summed E-state index contributed by atoms with van der Waals surface area (Å²) in [6, 6.07) is 7.58. The zero-order valence-electron chi connectivity index (χ0n) is 13.8. The van der Waals surface area contributed by atoms with Gasteiger partial charge in [0.25, 0.3) is 0 Å². The van der Waals surface area contributed by atoms with Crippen molar-refractivity contribution in [3.63, 3.8) is 0 Å². The van der Waals surface area contributed by atoms with Crippen molar-refractivity contribution in [3.05, 3.63) is 34.9 Å². The lowest BCUT2D eigenvalue weighted by Gasteiger charge is -2.16. The zero-order chi connectivity index (χ0) is 16.9. The van der Waals surface area contributed by atoms with Crippen molar-refractivity contribution in [2.24, 2.45) is 11.3 Å². The number of nitrogens with one attached hydrogen (secondary N) is 2. The van der Waals surface area contributed by atoms with Crippen molar-refractivity contribution in [1.82, 2.24) is 10.6 Å². The Kier molecular flexibility index (Phi) is 6.05. The first-order valence-electron chi connectivity index (χ1n) is 8.25. The van der Waals surface area contributed by atoms with E-state index >= 15 is 0 Å². The Labute approximate surface area is 143 Å². The van der Waals surface area contributed by atoms with Crippen LogP contribution in [-0.4, -0.2) is 24.9 Å². The molecule has 0 aromatic heterocycles. The molecule has 23 heavy (non-hydrogen) atoms. The highest BCUT2D eigenvalue weighted by molar-refractivity contribution is 6.30. The molecule has 2 rings (SSSR count). The molecule has 0 bridgehead atoms. The number of rotatable bonds is 8. The molecule has 0 saturated heterocycles. The van der Waals surface area contributed by atoms with Crippen LogP contribution in [0.5, 0.6) is 0 Å². The average Bonchev–Trinajstić information content (AvgIpc) is 3.28. The van der Waals surface area contributed by atoms with Gasteiger partial charge >= 0.3 is 0 Å². The molecule has 1 aliphatic rings. The van der Waals surface area contributed by atoms with Gasteiger partial charge in [0.1, 0.15) is 5.41 Å². The molecule has 1 fully saturated rings. The minimum Gasteiger partial charge on any atom is -0.355 e. The van der Waals surface area contributed by atoms with Gasteiger partial charge in [-0.1, -0.05) is 37.6 Å². The summed E-state index contributed by atoms with van der Waals surface area (Å²) in [7, 11) is 0. The molecule has 0 aliphatic heterocycles. The van der Waals surface area contributed by atoms with Crippen LogP contribution in [0.4, 0.5) is 0 Å². The molecule has 1 saturated carbocycles. The van der Waals surface area contributed by atoms with E-state index in [4.69, 9.17) is 11.6 Å². The first-order chi connectivity index (χ1) is 10.9. The first kappa shape index (κ1) is 17.8. The van der Waals surface area contributed by atoms with E-state index < -0.39 is 5.41 Å². The van der Waals surface area contributed by atoms with Gasteiger partial charge in [0.15, 0.2) is 0 Å². The first-order valence-corrected chi connectivity index (χ1v) is 8.63. The van der Waals surface area contributed by atoms with Gasteiger partial charge in [0, 0.05) is 18.1 Å². The van der Waals surface area contributed by atoms with Crippen LogP contribution in [0.25, 0.3) is 0 Å². The van der Waals surface area contributed by atoms with Gasteiger partial charge in [0.05, 0.1) is 0 Å². The van der Waals surface area contributed by atoms with E-state index in [1.165, 1.54) is 0 Å². The van der Waals surface area contributed by atoms with Crippen LogP contribution in [0.2, 0.25) is 5.02 Å². The van der Waals surface area contributed by atoms with E-state index in [0.29, 0.717) is 43.3 Å². The van der Waals surface area contributed by atoms with Crippen LogP contribution in [0.3, 0.4) is 0 Å². The quantitative estimate of drug-likeness (QED) is 0.717.